The number of carbonyl (C=O) groups is 1. The minimum Gasteiger partial charge on any atom is -0.481 e. The number of alkyl halides is 2. The third-order valence-electron chi connectivity index (χ3n) is 5.86. The van der Waals surface area contributed by atoms with E-state index in [0.29, 0.717) is 18.7 Å². The molecule has 2 fully saturated rings. The summed E-state index contributed by atoms with van der Waals surface area (Å²) in [6.45, 7) is 2.69. The average molecular weight is 387 g/mol. The van der Waals surface area contributed by atoms with Crippen molar-refractivity contribution in [3.05, 3.63) is 11.3 Å². The van der Waals surface area contributed by atoms with Crippen molar-refractivity contribution in [1.82, 2.24) is 9.97 Å². The maximum Gasteiger partial charge on any atom is 0.306 e. The van der Waals surface area contributed by atoms with E-state index in [4.69, 9.17) is 5.11 Å². The summed E-state index contributed by atoms with van der Waals surface area (Å²) in [4.78, 5) is 20.7. The highest BCUT2D eigenvalue weighted by molar-refractivity contribution is 7.90. The zero-order chi connectivity index (χ0) is 19.0. The summed E-state index contributed by atoms with van der Waals surface area (Å²) >= 11 is 0. The Morgan fingerprint density at radius 1 is 1.31 bits per heavy atom. The number of aliphatic carboxylic acids is 1. The van der Waals surface area contributed by atoms with Crippen molar-refractivity contribution < 1.29 is 27.1 Å². The van der Waals surface area contributed by atoms with Crippen molar-refractivity contribution in [2.45, 2.75) is 30.8 Å². The SMILES string of the molecule is CC(C(=O)O)C1[C@H]2CN(c3nc(S(C)(=O)=O)nc4c3CCC4(F)F)C[C@@H]12. The van der Waals surface area contributed by atoms with Crippen LogP contribution in [-0.4, -0.2) is 48.8 Å². The van der Waals surface area contributed by atoms with E-state index in [1.807, 2.05) is 4.90 Å². The quantitative estimate of drug-likeness (QED) is 0.778. The van der Waals surface area contributed by atoms with Crippen LogP contribution in [0.25, 0.3) is 0 Å². The Balaban J connectivity index is 1.67. The monoisotopic (exact) mass is 387 g/mol. The van der Waals surface area contributed by atoms with Crippen LogP contribution in [0.4, 0.5) is 14.6 Å². The Labute approximate surface area is 149 Å². The number of carboxylic acid groups (broad SMARTS) is 1. The molecule has 0 bridgehead atoms. The molecule has 1 aromatic heterocycles. The molecule has 1 saturated heterocycles. The highest BCUT2D eigenvalue weighted by Gasteiger charge is 2.59. The third kappa shape index (κ3) is 2.57. The van der Waals surface area contributed by atoms with Crippen LogP contribution in [0, 0.1) is 23.7 Å². The number of aromatic nitrogens is 2. The Morgan fingerprint density at radius 3 is 2.46 bits per heavy atom. The second kappa shape index (κ2) is 5.34. The molecule has 3 aliphatic rings. The topological polar surface area (TPSA) is 100 Å². The summed E-state index contributed by atoms with van der Waals surface area (Å²) < 4.78 is 52.0. The third-order valence-corrected chi connectivity index (χ3v) is 6.70. The van der Waals surface area contributed by atoms with Crippen LogP contribution in [0.5, 0.6) is 0 Å². The van der Waals surface area contributed by atoms with Gasteiger partial charge in [0.25, 0.3) is 5.92 Å². The average Bonchev–Trinajstić information content (AvgIpc) is 2.87. The molecular formula is C16H19F2N3O4S. The molecule has 0 spiro atoms. The largest absolute Gasteiger partial charge is 0.481 e. The second-order valence-corrected chi connectivity index (χ2v) is 9.48. The first-order valence-corrected chi connectivity index (χ1v) is 10.4. The molecule has 1 N–H and O–H groups in total. The fourth-order valence-electron chi connectivity index (χ4n) is 4.46. The first-order chi connectivity index (χ1) is 12.0. The Kier molecular flexibility index (Phi) is 3.61. The van der Waals surface area contributed by atoms with Crippen molar-refractivity contribution in [1.29, 1.82) is 0 Å². The minimum absolute atomic E-state index is 0.0782. The molecule has 4 atom stereocenters. The summed E-state index contributed by atoms with van der Waals surface area (Å²) in [7, 11) is -3.82. The molecule has 142 valence electrons. The predicted molar refractivity (Wildman–Crippen MR) is 86.8 cm³/mol. The van der Waals surface area contributed by atoms with Gasteiger partial charge in [0.05, 0.1) is 5.92 Å². The zero-order valence-electron chi connectivity index (χ0n) is 14.3. The summed E-state index contributed by atoms with van der Waals surface area (Å²) in [6.07, 6.45) is 0.594. The van der Waals surface area contributed by atoms with Crippen molar-refractivity contribution in [3.8, 4) is 0 Å². The summed E-state index contributed by atoms with van der Waals surface area (Å²) in [5.74, 6) is -3.74. The van der Waals surface area contributed by atoms with Gasteiger partial charge in [0.2, 0.25) is 15.0 Å². The fourth-order valence-corrected chi connectivity index (χ4v) is 4.97. The molecule has 0 aromatic carbocycles. The Morgan fingerprint density at radius 2 is 1.92 bits per heavy atom. The van der Waals surface area contributed by atoms with Gasteiger partial charge in [-0.2, -0.15) is 8.78 Å². The number of halogens is 2. The normalized spacial score (nSPS) is 30.0. The van der Waals surface area contributed by atoms with E-state index in [2.05, 4.69) is 9.97 Å². The number of hydrogen-bond donors (Lipinski definition) is 1. The van der Waals surface area contributed by atoms with Crippen molar-refractivity contribution in [2.75, 3.05) is 24.2 Å². The van der Waals surface area contributed by atoms with Crippen molar-refractivity contribution >= 4 is 21.6 Å². The van der Waals surface area contributed by atoms with Crippen LogP contribution in [0.3, 0.4) is 0 Å². The summed E-state index contributed by atoms with van der Waals surface area (Å²) in [5, 5.41) is 8.58. The summed E-state index contributed by atoms with van der Waals surface area (Å²) in [5.41, 5.74) is -0.175. The smallest absolute Gasteiger partial charge is 0.306 e. The molecule has 2 unspecified atom stereocenters. The van der Waals surface area contributed by atoms with Crippen LogP contribution in [0.1, 0.15) is 24.6 Å². The first-order valence-electron chi connectivity index (χ1n) is 8.47. The highest BCUT2D eigenvalue weighted by Crippen LogP contribution is 2.57. The van der Waals surface area contributed by atoms with E-state index in [-0.39, 0.29) is 30.0 Å². The lowest BCUT2D eigenvalue weighted by atomic mass is 10.0. The lowest BCUT2D eigenvalue weighted by Crippen LogP contribution is -2.30. The van der Waals surface area contributed by atoms with E-state index in [0.717, 1.165) is 6.26 Å². The Bertz CT molecular complexity index is 893. The van der Waals surface area contributed by atoms with Crippen LogP contribution >= 0.6 is 0 Å². The van der Waals surface area contributed by atoms with Gasteiger partial charge in [-0.3, -0.25) is 4.79 Å². The molecular weight excluding hydrogens is 368 g/mol. The van der Waals surface area contributed by atoms with Gasteiger partial charge >= 0.3 is 5.97 Å². The van der Waals surface area contributed by atoms with Crippen LogP contribution in [0.2, 0.25) is 0 Å². The van der Waals surface area contributed by atoms with Crippen molar-refractivity contribution in [2.24, 2.45) is 23.7 Å². The van der Waals surface area contributed by atoms with E-state index < -0.39 is 44.9 Å². The molecule has 26 heavy (non-hydrogen) atoms. The minimum atomic E-state index is -3.82. The van der Waals surface area contributed by atoms with Gasteiger partial charge in [-0.25, -0.2) is 18.4 Å². The number of rotatable bonds is 4. The van der Waals surface area contributed by atoms with Crippen LogP contribution in [0.15, 0.2) is 5.16 Å². The fraction of sp³-hybridized carbons (Fsp3) is 0.688. The number of sulfone groups is 1. The van der Waals surface area contributed by atoms with Gasteiger partial charge in [-0.1, -0.05) is 6.92 Å². The number of anilines is 1. The number of fused-ring (bicyclic) bond motifs is 2. The molecule has 7 nitrogen and oxygen atoms in total. The highest BCUT2D eigenvalue weighted by atomic mass is 32.2. The molecule has 1 aromatic rings. The van der Waals surface area contributed by atoms with E-state index in [1.165, 1.54) is 0 Å². The molecule has 10 heteroatoms. The van der Waals surface area contributed by atoms with Crippen LogP contribution < -0.4 is 4.90 Å². The van der Waals surface area contributed by atoms with E-state index in [9.17, 15) is 22.0 Å². The molecule has 0 radical (unpaired) electrons. The molecule has 2 aliphatic carbocycles. The van der Waals surface area contributed by atoms with Gasteiger partial charge < -0.3 is 10.0 Å². The van der Waals surface area contributed by atoms with E-state index >= 15 is 0 Å². The number of carboxylic acids is 1. The van der Waals surface area contributed by atoms with Crippen molar-refractivity contribution in [3.63, 3.8) is 0 Å². The zero-order valence-corrected chi connectivity index (χ0v) is 15.1. The second-order valence-electron chi connectivity index (χ2n) is 7.57. The van der Waals surface area contributed by atoms with Gasteiger partial charge in [0.1, 0.15) is 11.5 Å². The molecule has 4 rings (SSSR count). The molecule has 1 saturated carbocycles. The van der Waals surface area contributed by atoms with Crippen LogP contribution in [-0.2, 0) is 27.0 Å². The maximum atomic E-state index is 14.1. The number of hydrogen-bond acceptors (Lipinski definition) is 6. The van der Waals surface area contributed by atoms with Gasteiger partial charge in [-0.15, -0.1) is 0 Å². The molecule has 1 aliphatic heterocycles. The predicted octanol–water partition coefficient (Wildman–Crippen LogP) is 1.32. The maximum absolute atomic E-state index is 14.1. The lowest BCUT2D eigenvalue weighted by molar-refractivity contribution is -0.142. The van der Waals surface area contributed by atoms with Gasteiger partial charge in [-0.05, 0) is 24.2 Å². The summed E-state index contributed by atoms with van der Waals surface area (Å²) in [6, 6.07) is 0. The molecule has 2 heterocycles. The number of nitrogens with zero attached hydrogens (tertiary/aromatic N) is 3. The standard InChI is InChI=1S/C16H19F2N3O4S/c1-7(14(22)23)11-9-5-21(6-10(9)11)13-8-3-4-16(17,18)12(8)19-15(20-13)26(2,24)25/h7,9-11H,3-6H2,1-2H3,(H,22,23)/t7?,9-,10+,11?. The first kappa shape index (κ1) is 17.6. The molecule has 0 amide bonds. The van der Waals surface area contributed by atoms with E-state index in [1.54, 1.807) is 6.92 Å². The number of piperidine rings is 1. The van der Waals surface area contributed by atoms with Gasteiger partial charge in [0.15, 0.2) is 0 Å². The van der Waals surface area contributed by atoms with Gasteiger partial charge in [0, 0.05) is 31.3 Å². The Hall–Kier alpha value is -1.84. The lowest BCUT2D eigenvalue weighted by Gasteiger charge is -2.24.